The molecule has 0 aliphatic rings. The topological polar surface area (TPSA) is 80.9 Å². The van der Waals surface area contributed by atoms with E-state index in [9.17, 15) is 0 Å². The number of aliphatic hydroxyl groups excluding tert-OH is 4. The second kappa shape index (κ2) is 4.69. The average molecular weight is 137 g/mol. The predicted molar refractivity (Wildman–Crippen MR) is 30.8 cm³/mol. The molecule has 4 nitrogen and oxygen atoms in total. The highest BCUT2D eigenvalue weighted by molar-refractivity contribution is 4.64. The molecule has 4 N–H and O–H groups in total. The molecule has 0 fully saturated rings. The summed E-state index contributed by atoms with van der Waals surface area (Å²) < 4.78 is 6.89. The maximum Gasteiger partial charge on any atom is 0.103 e. The second-order valence-corrected chi connectivity index (χ2v) is 1.66. The van der Waals surface area contributed by atoms with Gasteiger partial charge in [0.1, 0.15) is 6.10 Å². The van der Waals surface area contributed by atoms with Crippen LogP contribution in [0.4, 0.5) is 0 Å². The quantitative estimate of drug-likeness (QED) is 0.364. The molecule has 0 aliphatic carbocycles. The van der Waals surface area contributed by atoms with E-state index >= 15 is 0 Å². The summed E-state index contributed by atoms with van der Waals surface area (Å²) in [5, 5.41) is 34.1. The molecule has 0 rings (SSSR count). The van der Waals surface area contributed by atoms with E-state index in [0.717, 1.165) is 0 Å². The summed E-state index contributed by atoms with van der Waals surface area (Å²) in [6.45, 7) is -1.13. The van der Waals surface area contributed by atoms with Crippen molar-refractivity contribution in [3.8, 4) is 0 Å². The Balaban J connectivity index is 3.69. The van der Waals surface area contributed by atoms with Crippen LogP contribution in [0.15, 0.2) is 0 Å². The molecule has 0 aromatic carbocycles. The first-order valence-electron chi connectivity index (χ1n) is 3.21. The van der Waals surface area contributed by atoms with Crippen molar-refractivity contribution < 1.29 is 21.8 Å². The van der Waals surface area contributed by atoms with E-state index in [1.165, 1.54) is 0 Å². The molecule has 3 atom stereocenters. The lowest BCUT2D eigenvalue weighted by molar-refractivity contribution is -0.0238. The zero-order chi connectivity index (χ0) is 8.15. The van der Waals surface area contributed by atoms with E-state index in [4.69, 9.17) is 21.8 Å². The third kappa shape index (κ3) is 3.42. The summed E-state index contributed by atoms with van der Waals surface area (Å²) in [5.74, 6) is 0. The Morgan fingerprint density at radius 1 is 1.22 bits per heavy atom. The third-order valence-electron chi connectivity index (χ3n) is 0.928. The Kier molecular flexibility index (Phi) is 3.63. The van der Waals surface area contributed by atoms with Crippen LogP contribution < -0.4 is 0 Å². The molecule has 0 aromatic rings. The Labute approximate surface area is 54.8 Å². The van der Waals surface area contributed by atoms with Gasteiger partial charge in [0.25, 0.3) is 0 Å². The zero-order valence-corrected chi connectivity index (χ0v) is 4.94. The molecule has 0 aliphatic heterocycles. The van der Waals surface area contributed by atoms with Crippen molar-refractivity contribution in [2.24, 2.45) is 0 Å². The summed E-state index contributed by atoms with van der Waals surface area (Å²) in [5.41, 5.74) is 0. The van der Waals surface area contributed by atoms with Gasteiger partial charge in [0, 0.05) is 7.98 Å². The standard InChI is InChI=1S/C5H12O4/c6-2-1-4(8)5(9)3-7/h4-9H,1-3H2/t4-,5+/m0/s1/i1D/t1-,4-,5+. The minimum Gasteiger partial charge on any atom is -0.396 e. The van der Waals surface area contributed by atoms with Gasteiger partial charge in [0.05, 0.1) is 12.7 Å². The van der Waals surface area contributed by atoms with Gasteiger partial charge in [-0.2, -0.15) is 0 Å². The van der Waals surface area contributed by atoms with Crippen LogP contribution in [0.25, 0.3) is 0 Å². The fraction of sp³-hybridized carbons (Fsp3) is 1.00. The maximum absolute atomic E-state index is 8.83. The Hall–Kier alpha value is -0.160. The first-order valence-corrected chi connectivity index (χ1v) is 2.63. The molecular formula is C5H12O4. The maximum atomic E-state index is 8.83. The molecule has 4 heteroatoms. The molecule has 0 heterocycles. The van der Waals surface area contributed by atoms with Crippen molar-refractivity contribution in [3.63, 3.8) is 0 Å². The lowest BCUT2D eigenvalue weighted by atomic mass is 10.1. The van der Waals surface area contributed by atoms with Gasteiger partial charge >= 0.3 is 0 Å². The van der Waals surface area contributed by atoms with Crippen LogP contribution in [0.5, 0.6) is 0 Å². The van der Waals surface area contributed by atoms with E-state index < -0.39 is 31.8 Å². The molecular weight excluding hydrogens is 124 g/mol. The number of hydrogen-bond acceptors (Lipinski definition) is 4. The van der Waals surface area contributed by atoms with Gasteiger partial charge < -0.3 is 20.4 Å². The highest BCUT2D eigenvalue weighted by atomic mass is 16.4. The highest BCUT2D eigenvalue weighted by Crippen LogP contribution is 1.95. The fourth-order valence-electron chi connectivity index (χ4n) is 0.373. The molecule has 0 saturated heterocycles. The normalized spacial score (nSPS) is 22.4. The Morgan fingerprint density at radius 3 is 2.11 bits per heavy atom. The van der Waals surface area contributed by atoms with Crippen LogP contribution in [0, 0.1) is 0 Å². The molecule has 0 unspecified atom stereocenters. The third-order valence-corrected chi connectivity index (χ3v) is 0.928. The minimum atomic E-state index is -1.38. The lowest BCUT2D eigenvalue weighted by Gasteiger charge is -2.12. The van der Waals surface area contributed by atoms with Gasteiger partial charge in [0.15, 0.2) is 0 Å². The fourth-order valence-corrected chi connectivity index (χ4v) is 0.373. The first-order chi connectivity index (χ1) is 4.63. The van der Waals surface area contributed by atoms with Gasteiger partial charge in [-0.25, -0.2) is 0 Å². The molecule has 56 valence electrons. The van der Waals surface area contributed by atoms with Crippen molar-refractivity contribution >= 4 is 0 Å². The number of aliphatic hydroxyl groups is 4. The summed E-state index contributed by atoms with van der Waals surface area (Å²) in [7, 11) is 0. The molecule has 0 saturated carbocycles. The van der Waals surface area contributed by atoms with Crippen LogP contribution >= 0.6 is 0 Å². The molecule has 0 radical (unpaired) electrons. The Bertz CT molecular complexity index is 79.7. The van der Waals surface area contributed by atoms with E-state index in [1.807, 2.05) is 0 Å². The van der Waals surface area contributed by atoms with Crippen LogP contribution in [-0.2, 0) is 0 Å². The summed E-state index contributed by atoms with van der Waals surface area (Å²) >= 11 is 0. The van der Waals surface area contributed by atoms with Crippen LogP contribution in [0.1, 0.15) is 7.77 Å². The summed E-state index contributed by atoms with van der Waals surface area (Å²) in [4.78, 5) is 0. The monoisotopic (exact) mass is 137 g/mol. The first kappa shape index (κ1) is 6.95. The van der Waals surface area contributed by atoms with Crippen molar-refractivity contribution in [3.05, 3.63) is 0 Å². The van der Waals surface area contributed by atoms with Crippen molar-refractivity contribution in [2.75, 3.05) is 13.2 Å². The van der Waals surface area contributed by atoms with E-state index in [1.54, 1.807) is 0 Å². The average Bonchev–Trinajstić information content (AvgIpc) is 2.00. The van der Waals surface area contributed by atoms with E-state index in [-0.39, 0.29) is 0 Å². The van der Waals surface area contributed by atoms with Gasteiger partial charge in [0.2, 0.25) is 0 Å². The van der Waals surface area contributed by atoms with Crippen LogP contribution in [0.2, 0.25) is 0 Å². The van der Waals surface area contributed by atoms with Gasteiger partial charge in [-0.1, -0.05) is 0 Å². The predicted octanol–water partition coefficient (Wildman–Crippen LogP) is -1.92. The largest absolute Gasteiger partial charge is 0.396 e. The second-order valence-electron chi connectivity index (χ2n) is 1.66. The van der Waals surface area contributed by atoms with E-state index in [0.29, 0.717) is 0 Å². The SMILES string of the molecule is [2H][C@@H](CO)[C@H](O)[C@H](O)CO. The lowest BCUT2D eigenvalue weighted by Crippen LogP contribution is -2.29. The van der Waals surface area contributed by atoms with Crippen LogP contribution in [-0.4, -0.2) is 45.8 Å². The molecule has 0 aromatic heterocycles. The van der Waals surface area contributed by atoms with Crippen LogP contribution in [0.3, 0.4) is 0 Å². The molecule has 9 heavy (non-hydrogen) atoms. The van der Waals surface area contributed by atoms with Crippen molar-refractivity contribution in [2.45, 2.75) is 18.6 Å². The van der Waals surface area contributed by atoms with Crippen molar-refractivity contribution in [1.82, 2.24) is 0 Å². The number of hydrogen-bond donors (Lipinski definition) is 4. The van der Waals surface area contributed by atoms with Crippen molar-refractivity contribution in [1.29, 1.82) is 0 Å². The van der Waals surface area contributed by atoms with Gasteiger partial charge in [-0.15, -0.1) is 0 Å². The minimum absolute atomic E-state index is 0.530. The van der Waals surface area contributed by atoms with Gasteiger partial charge in [-0.3, -0.25) is 0 Å². The zero-order valence-electron chi connectivity index (χ0n) is 5.94. The number of rotatable bonds is 4. The Morgan fingerprint density at radius 2 is 1.78 bits per heavy atom. The smallest absolute Gasteiger partial charge is 0.103 e. The van der Waals surface area contributed by atoms with E-state index in [2.05, 4.69) is 0 Å². The molecule has 0 amide bonds. The summed E-state index contributed by atoms with van der Waals surface area (Å²) in [6, 6.07) is 0. The molecule has 0 bridgehead atoms. The van der Waals surface area contributed by atoms with Gasteiger partial charge in [-0.05, 0) is 6.40 Å². The highest BCUT2D eigenvalue weighted by Gasteiger charge is 2.13. The summed E-state index contributed by atoms with van der Waals surface area (Å²) in [6.07, 6.45) is -3.87. The molecule has 0 spiro atoms.